The van der Waals surface area contributed by atoms with Crippen molar-refractivity contribution in [1.29, 1.82) is 0 Å². The van der Waals surface area contributed by atoms with Gasteiger partial charge >= 0.3 is 3.98 Å². The molecule has 0 aromatic carbocycles. The molecule has 1 aliphatic rings. The lowest BCUT2D eigenvalue weighted by Crippen LogP contribution is -2.68. The second-order valence-corrected chi connectivity index (χ2v) is 6.62. The average molecular weight is 286 g/mol. The van der Waals surface area contributed by atoms with Crippen LogP contribution in [0.15, 0.2) is 0 Å². The van der Waals surface area contributed by atoms with Gasteiger partial charge in [0.25, 0.3) is 0 Å². The van der Waals surface area contributed by atoms with E-state index in [1.165, 1.54) is 23.2 Å². The molecule has 0 saturated heterocycles. The van der Waals surface area contributed by atoms with Crippen LogP contribution in [0.25, 0.3) is 0 Å². The van der Waals surface area contributed by atoms with Crippen LogP contribution in [0.1, 0.15) is 16.2 Å². The van der Waals surface area contributed by atoms with Crippen molar-refractivity contribution in [1.82, 2.24) is 4.58 Å². The Morgan fingerprint density at radius 1 is 1.00 bits per heavy atom. The van der Waals surface area contributed by atoms with Crippen molar-refractivity contribution in [3.05, 3.63) is 13.7 Å². The summed E-state index contributed by atoms with van der Waals surface area (Å²) in [4.78, 5) is 3.28. The highest BCUT2D eigenvalue weighted by Gasteiger charge is 2.16. The third-order valence-electron chi connectivity index (χ3n) is 1.90. The molecule has 1 heterocycles. The summed E-state index contributed by atoms with van der Waals surface area (Å²) in [6.45, 7) is 0. The van der Waals surface area contributed by atoms with E-state index in [-0.39, 0.29) is 0 Å². The predicted molar refractivity (Wildman–Crippen MR) is 51.3 cm³/mol. The minimum atomic E-state index is -4.94. The molecule has 0 radical (unpaired) electrons. The third kappa shape index (κ3) is 4.88. The monoisotopic (exact) mass is 285 g/mol. The highest BCUT2D eigenvalue weighted by molar-refractivity contribution is 7.27. The standard InChI is InChI=1S/C8H12NS2.ClHO4/c1-9(2)8-10-6-4-3-5-7(6)11-8;2-1(3,4)5/h3-5H2,1-2H3;(H,2,3,4,5)/q+1;/p-1. The molecule has 0 bridgehead atoms. The van der Waals surface area contributed by atoms with Gasteiger partial charge in [-0.05, 0) is 19.3 Å². The number of hydrogen-bond acceptors (Lipinski definition) is 6. The lowest BCUT2D eigenvalue weighted by Gasteiger charge is -2.17. The molecular weight excluding hydrogens is 274 g/mol. The summed E-state index contributed by atoms with van der Waals surface area (Å²) in [5.74, 6) is 0. The maximum absolute atomic E-state index is 8.49. The molecule has 2 rings (SSSR count). The van der Waals surface area contributed by atoms with E-state index in [1.807, 2.05) is 22.7 Å². The number of halogens is 1. The molecule has 0 amide bonds. The van der Waals surface area contributed by atoms with E-state index in [4.69, 9.17) is 18.6 Å². The molecule has 0 spiro atoms. The van der Waals surface area contributed by atoms with Gasteiger partial charge in [-0.25, -0.2) is 23.2 Å². The summed E-state index contributed by atoms with van der Waals surface area (Å²) in [5, 5.41) is 0. The summed E-state index contributed by atoms with van der Waals surface area (Å²) in [6.07, 6.45) is 4.03. The van der Waals surface area contributed by atoms with Crippen molar-refractivity contribution in [2.45, 2.75) is 19.3 Å². The average Bonchev–Trinajstić information content (AvgIpc) is 2.55. The Morgan fingerprint density at radius 2 is 1.38 bits per heavy atom. The zero-order valence-corrected chi connectivity index (χ0v) is 11.3. The quantitative estimate of drug-likeness (QED) is 0.464. The fourth-order valence-corrected chi connectivity index (χ4v) is 4.05. The van der Waals surface area contributed by atoms with Crippen LogP contribution in [0, 0.1) is 10.2 Å². The second-order valence-electron chi connectivity index (χ2n) is 3.44. The van der Waals surface area contributed by atoms with Crippen LogP contribution in [0.3, 0.4) is 0 Å². The molecule has 0 N–H and O–H groups in total. The van der Waals surface area contributed by atoms with E-state index >= 15 is 0 Å². The highest BCUT2D eigenvalue weighted by Crippen LogP contribution is 2.26. The Bertz CT molecular complexity index is 386. The molecular formula is C8H12ClNO4S2. The summed E-state index contributed by atoms with van der Waals surface area (Å²) in [6, 6.07) is 0. The van der Waals surface area contributed by atoms with Crippen molar-refractivity contribution in [3.8, 4) is 0 Å². The van der Waals surface area contributed by atoms with Crippen molar-refractivity contribution in [3.63, 3.8) is 0 Å². The summed E-state index contributed by atoms with van der Waals surface area (Å²) in [5.41, 5.74) is 0. The molecule has 0 fully saturated rings. The number of aryl methyl sites for hydroxylation is 2. The molecule has 1 aliphatic carbocycles. The fraction of sp³-hybridized carbons (Fsp3) is 0.625. The van der Waals surface area contributed by atoms with Crippen LogP contribution in [0.5, 0.6) is 0 Å². The molecule has 1 aromatic heterocycles. The van der Waals surface area contributed by atoms with E-state index < -0.39 is 10.2 Å². The summed E-state index contributed by atoms with van der Waals surface area (Å²) < 4.78 is 37.6. The Balaban J connectivity index is 0.000000221. The van der Waals surface area contributed by atoms with Crippen LogP contribution < -0.4 is 27.2 Å². The van der Waals surface area contributed by atoms with E-state index in [0.29, 0.717) is 0 Å². The topological polar surface area (TPSA) is 95.2 Å². The van der Waals surface area contributed by atoms with Crippen LogP contribution >= 0.6 is 22.7 Å². The minimum absolute atomic E-state index is 1.32. The lowest BCUT2D eigenvalue weighted by molar-refractivity contribution is -2.00. The molecule has 8 heteroatoms. The van der Waals surface area contributed by atoms with Crippen molar-refractivity contribution in [2.24, 2.45) is 0 Å². The number of hydrogen-bond donors (Lipinski definition) is 0. The first-order valence-corrected chi connectivity index (χ1v) is 7.38. The highest BCUT2D eigenvalue weighted by atomic mass is 35.7. The van der Waals surface area contributed by atoms with Crippen LogP contribution in [0.2, 0.25) is 0 Å². The van der Waals surface area contributed by atoms with Crippen molar-refractivity contribution in [2.75, 3.05) is 14.1 Å². The second kappa shape index (κ2) is 5.54. The number of nitrogens with zero attached hydrogens (tertiary/aromatic N) is 1. The predicted octanol–water partition coefficient (Wildman–Crippen LogP) is -3.43. The fourth-order valence-electron chi connectivity index (χ4n) is 1.32. The number of fused-ring (bicyclic) bond motifs is 1. The Morgan fingerprint density at radius 3 is 1.69 bits per heavy atom. The minimum Gasteiger partial charge on any atom is -0.222 e. The van der Waals surface area contributed by atoms with Gasteiger partial charge < -0.3 is 0 Å². The van der Waals surface area contributed by atoms with Gasteiger partial charge in [-0.15, -0.1) is 10.2 Å². The van der Waals surface area contributed by atoms with Gasteiger partial charge in [0.2, 0.25) is 0 Å². The van der Waals surface area contributed by atoms with Gasteiger partial charge in [0.05, 0.1) is 0 Å². The van der Waals surface area contributed by atoms with Gasteiger partial charge in [0, 0.05) is 9.75 Å². The SMILES string of the molecule is C[N+](C)=c1sc2c(s1)CCC2.[O-][Cl+3]([O-])([O-])[O-]. The maximum Gasteiger partial charge on any atom is 0.313 e. The van der Waals surface area contributed by atoms with Crippen molar-refractivity contribution >= 4 is 22.7 Å². The first-order chi connectivity index (χ1) is 7.27. The van der Waals surface area contributed by atoms with Crippen LogP contribution in [-0.4, -0.2) is 14.1 Å². The lowest BCUT2D eigenvalue weighted by atomic mass is 10.4. The van der Waals surface area contributed by atoms with E-state index in [0.717, 1.165) is 0 Å². The number of rotatable bonds is 0. The summed E-state index contributed by atoms with van der Waals surface area (Å²) in [7, 11) is -0.699. The van der Waals surface area contributed by atoms with Gasteiger partial charge in [-0.1, -0.05) is 22.7 Å². The van der Waals surface area contributed by atoms with E-state index in [9.17, 15) is 0 Å². The first-order valence-electron chi connectivity index (χ1n) is 4.51. The molecule has 0 aliphatic heterocycles. The zero-order valence-electron chi connectivity index (χ0n) is 8.90. The molecule has 1 aromatic rings. The molecule has 5 nitrogen and oxygen atoms in total. The first kappa shape index (κ1) is 14.0. The molecule has 0 atom stereocenters. The van der Waals surface area contributed by atoms with E-state index in [1.54, 1.807) is 9.75 Å². The molecule has 0 unspecified atom stereocenters. The largest absolute Gasteiger partial charge is 0.313 e. The van der Waals surface area contributed by atoms with Crippen LogP contribution in [0.4, 0.5) is 0 Å². The smallest absolute Gasteiger partial charge is 0.222 e. The molecule has 0 saturated carbocycles. The zero-order chi connectivity index (χ0) is 12.3. The Kier molecular flexibility index (Phi) is 4.87. The normalized spacial score (nSPS) is 14.1. The van der Waals surface area contributed by atoms with Gasteiger partial charge in [-0.3, -0.25) is 0 Å². The summed E-state index contributed by atoms with van der Waals surface area (Å²) >= 11 is 3.95. The van der Waals surface area contributed by atoms with E-state index in [2.05, 4.69) is 18.7 Å². The van der Waals surface area contributed by atoms with Crippen LogP contribution in [-0.2, 0) is 12.8 Å². The third-order valence-corrected chi connectivity index (χ3v) is 5.01. The Labute approximate surface area is 103 Å². The molecule has 16 heavy (non-hydrogen) atoms. The van der Waals surface area contributed by atoms with Gasteiger partial charge in [0.15, 0.2) is 0 Å². The van der Waals surface area contributed by atoms with Gasteiger partial charge in [0.1, 0.15) is 14.1 Å². The Hall–Kier alpha value is -0.0200. The van der Waals surface area contributed by atoms with Gasteiger partial charge in [-0.2, -0.15) is 0 Å². The maximum atomic E-state index is 8.49. The van der Waals surface area contributed by atoms with Crippen molar-refractivity contribution < 1.29 is 28.9 Å². The molecule has 92 valence electrons.